The van der Waals surface area contributed by atoms with Crippen LogP contribution >= 0.6 is 11.3 Å². The number of hydrogen-bond acceptors (Lipinski definition) is 5. The molecule has 2 aromatic heterocycles. The molecular formula is C26H18N2O2S. The average molecular weight is 423 g/mol. The third kappa shape index (κ3) is 4.22. The minimum absolute atomic E-state index is 0.0113. The molecule has 0 saturated carbocycles. The Balaban J connectivity index is 1.39. The highest BCUT2D eigenvalue weighted by Gasteiger charge is 2.14. The van der Waals surface area contributed by atoms with Crippen molar-refractivity contribution in [3.63, 3.8) is 0 Å². The van der Waals surface area contributed by atoms with Crippen LogP contribution in [-0.4, -0.2) is 15.8 Å². The van der Waals surface area contributed by atoms with Crippen LogP contribution in [0.25, 0.3) is 20.8 Å². The summed E-state index contributed by atoms with van der Waals surface area (Å²) in [4.78, 5) is 22.0. The Morgan fingerprint density at radius 2 is 1.74 bits per heavy atom. The van der Waals surface area contributed by atoms with Crippen molar-refractivity contribution in [2.45, 2.75) is 6.42 Å². The van der Waals surface area contributed by atoms with E-state index >= 15 is 0 Å². The van der Waals surface area contributed by atoms with Crippen molar-refractivity contribution in [2.75, 3.05) is 0 Å². The number of rotatable bonds is 6. The number of carbonyl (C=O) groups is 1. The number of aromatic nitrogens is 2. The number of ether oxygens (including phenoxy) is 1. The molecule has 2 heterocycles. The highest BCUT2D eigenvalue weighted by Crippen LogP contribution is 2.31. The normalized spacial score (nSPS) is 10.8. The van der Waals surface area contributed by atoms with Gasteiger partial charge < -0.3 is 4.74 Å². The molecule has 150 valence electrons. The predicted octanol–water partition coefficient (Wildman–Crippen LogP) is 6.58. The first-order valence-electron chi connectivity index (χ1n) is 9.91. The molecule has 0 atom stereocenters. The lowest BCUT2D eigenvalue weighted by Crippen LogP contribution is -2.05. The number of hydrogen-bond donors (Lipinski definition) is 0. The molecule has 31 heavy (non-hydrogen) atoms. The van der Waals surface area contributed by atoms with Crippen LogP contribution in [0.2, 0.25) is 0 Å². The number of pyridine rings is 1. The number of para-hydroxylation sites is 2. The molecule has 0 unspecified atom stereocenters. The Hall–Kier alpha value is -3.83. The molecule has 4 nitrogen and oxygen atoms in total. The Morgan fingerprint density at radius 3 is 2.61 bits per heavy atom. The van der Waals surface area contributed by atoms with Gasteiger partial charge >= 0.3 is 0 Å². The fourth-order valence-corrected chi connectivity index (χ4v) is 4.33. The molecule has 0 saturated heterocycles. The van der Waals surface area contributed by atoms with Gasteiger partial charge in [-0.25, -0.2) is 4.98 Å². The quantitative estimate of drug-likeness (QED) is 0.290. The van der Waals surface area contributed by atoms with Crippen LogP contribution in [0.3, 0.4) is 0 Å². The lowest BCUT2D eigenvalue weighted by atomic mass is 10.0. The summed E-state index contributed by atoms with van der Waals surface area (Å²) in [5, 5.41) is 0.921. The number of ketones is 1. The summed E-state index contributed by atoms with van der Waals surface area (Å²) in [6, 6.07) is 26.8. The molecule has 0 N–H and O–H groups in total. The Morgan fingerprint density at radius 1 is 0.903 bits per heavy atom. The number of benzene rings is 3. The van der Waals surface area contributed by atoms with Crippen molar-refractivity contribution < 1.29 is 9.53 Å². The van der Waals surface area contributed by atoms with Crippen molar-refractivity contribution in [3.8, 4) is 22.1 Å². The summed E-state index contributed by atoms with van der Waals surface area (Å²) in [6.45, 7) is 0. The SMILES string of the molecule is O=C(Cc1cccc(-c2nc3ccncc3s2)c1)c1ccccc1Oc1ccccc1. The first kappa shape index (κ1) is 19.2. The van der Waals surface area contributed by atoms with E-state index in [-0.39, 0.29) is 12.2 Å². The number of carbonyl (C=O) groups excluding carboxylic acids is 1. The molecule has 5 aromatic rings. The predicted molar refractivity (Wildman–Crippen MR) is 124 cm³/mol. The number of fused-ring (bicyclic) bond motifs is 1. The zero-order valence-corrected chi connectivity index (χ0v) is 17.4. The highest BCUT2D eigenvalue weighted by molar-refractivity contribution is 7.21. The average Bonchev–Trinajstić information content (AvgIpc) is 3.25. The first-order chi connectivity index (χ1) is 15.3. The molecule has 0 fully saturated rings. The zero-order chi connectivity index (χ0) is 21.0. The van der Waals surface area contributed by atoms with Gasteiger partial charge in [0.15, 0.2) is 5.78 Å². The standard InChI is InChI=1S/C26H18N2O2S/c29-23(21-11-4-5-12-24(21)30-20-9-2-1-3-10-20)16-18-7-6-8-19(15-18)26-28-22-13-14-27-17-25(22)31-26/h1-15,17H,16H2. The van der Waals surface area contributed by atoms with E-state index in [1.54, 1.807) is 17.5 Å². The third-order valence-electron chi connectivity index (χ3n) is 4.89. The minimum Gasteiger partial charge on any atom is -0.457 e. The summed E-state index contributed by atoms with van der Waals surface area (Å²) in [5.74, 6) is 1.28. The Bertz CT molecular complexity index is 1330. The van der Waals surface area contributed by atoms with E-state index < -0.39 is 0 Å². The summed E-state index contributed by atoms with van der Waals surface area (Å²) < 4.78 is 7.01. The minimum atomic E-state index is 0.0113. The molecule has 0 aliphatic rings. The molecule has 5 rings (SSSR count). The monoisotopic (exact) mass is 422 g/mol. The summed E-state index contributed by atoms with van der Waals surface area (Å²) >= 11 is 1.60. The molecule has 0 radical (unpaired) electrons. The van der Waals surface area contributed by atoms with Crippen molar-refractivity contribution in [2.24, 2.45) is 0 Å². The van der Waals surface area contributed by atoms with Crippen molar-refractivity contribution in [1.29, 1.82) is 0 Å². The van der Waals surface area contributed by atoms with Gasteiger partial charge in [0.05, 0.1) is 15.8 Å². The fourth-order valence-electron chi connectivity index (χ4n) is 3.40. The second kappa shape index (κ2) is 8.50. The number of nitrogens with zero attached hydrogens (tertiary/aromatic N) is 2. The lowest BCUT2D eigenvalue weighted by Gasteiger charge is -2.11. The van der Waals surface area contributed by atoms with Crippen molar-refractivity contribution in [3.05, 3.63) is 108 Å². The molecular weight excluding hydrogens is 404 g/mol. The largest absolute Gasteiger partial charge is 0.457 e. The topological polar surface area (TPSA) is 52.1 Å². The van der Waals surface area contributed by atoms with E-state index in [1.807, 2.05) is 91.1 Å². The van der Waals surface area contributed by atoms with Crippen LogP contribution in [-0.2, 0) is 6.42 Å². The van der Waals surface area contributed by atoms with Crippen molar-refractivity contribution in [1.82, 2.24) is 9.97 Å². The molecule has 0 aliphatic carbocycles. The second-order valence-electron chi connectivity index (χ2n) is 7.07. The van der Waals surface area contributed by atoms with E-state index in [1.165, 1.54) is 0 Å². The van der Waals surface area contributed by atoms with Crippen LogP contribution in [0, 0.1) is 0 Å². The molecule has 0 amide bonds. The zero-order valence-electron chi connectivity index (χ0n) is 16.6. The first-order valence-corrected chi connectivity index (χ1v) is 10.7. The van der Waals surface area contributed by atoms with Crippen LogP contribution in [0.15, 0.2) is 97.3 Å². The van der Waals surface area contributed by atoms with E-state index in [0.717, 1.165) is 26.4 Å². The summed E-state index contributed by atoms with van der Waals surface area (Å²) in [6.07, 6.45) is 3.86. The number of thiazole rings is 1. The Kier molecular flexibility index (Phi) is 5.25. The molecule has 5 heteroatoms. The molecule has 3 aromatic carbocycles. The van der Waals surface area contributed by atoms with Crippen LogP contribution in [0.4, 0.5) is 0 Å². The van der Waals surface area contributed by atoms with E-state index in [4.69, 9.17) is 9.72 Å². The van der Waals surface area contributed by atoms with Gasteiger partial charge in [0.25, 0.3) is 0 Å². The number of Topliss-reactive ketones (excluding diaryl/α,β-unsaturated/α-hetero) is 1. The van der Waals surface area contributed by atoms with Gasteiger partial charge in [-0.05, 0) is 42.0 Å². The fraction of sp³-hybridized carbons (Fsp3) is 0.0385. The smallest absolute Gasteiger partial charge is 0.170 e. The van der Waals surface area contributed by atoms with Crippen molar-refractivity contribution >= 4 is 27.3 Å². The maximum absolute atomic E-state index is 13.1. The van der Waals surface area contributed by atoms with Crippen LogP contribution < -0.4 is 4.74 Å². The van der Waals surface area contributed by atoms with Gasteiger partial charge in [0.1, 0.15) is 16.5 Å². The molecule has 0 aliphatic heterocycles. The molecule has 0 spiro atoms. The van der Waals surface area contributed by atoms with Gasteiger partial charge in [0, 0.05) is 24.4 Å². The third-order valence-corrected chi connectivity index (χ3v) is 5.94. The molecule has 0 bridgehead atoms. The van der Waals surface area contributed by atoms with Gasteiger partial charge in [0.2, 0.25) is 0 Å². The van der Waals surface area contributed by atoms with Gasteiger partial charge in [-0.1, -0.05) is 48.5 Å². The summed E-state index contributed by atoms with van der Waals surface area (Å²) in [5.41, 5.74) is 3.45. The van der Waals surface area contributed by atoms with E-state index in [2.05, 4.69) is 4.98 Å². The van der Waals surface area contributed by atoms with Gasteiger partial charge in [-0.2, -0.15) is 0 Å². The lowest BCUT2D eigenvalue weighted by molar-refractivity contribution is 0.0991. The van der Waals surface area contributed by atoms with E-state index in [0.29, 0.717) is 17.1 Å². The Labute approximate surface area is 183 Å². The maximum Gasteiger partial charge on any atom is 0.170 e. The van der Waals surface area contributed by atoms with Gasteiger partial charge in [-0.15, -0.1) is 11.3 Å². The highest BCUT2D eigenvalue weighted by atomic mass is 32.1. The van der Waals surface area contributed by atoms with Crippen LogP contribution in [0.5, 0.6) is 11.5 Å². The maximum atomic E-state index is 13.1. The summed E-state index contributed by atoms with van der Waals surface area (Å²) in [7, 11) is 0. The second-order valence-corrected chi connectivity index (χ2v) is 8.10. The van der Waals surface area contributed by atoms with Gasteiger partial charge in [-0.3, -0.25) is 9.78 Å². The van der Waals surface area contributed by atoms with Crippen LogP contribution in [0.1, 0.15) is 15.9 Å². The van der Waals surface area contributed by atoms with E-state index in [9.17, 15) is 4.79 Å².